The Morgan fingerprint density at radius 1 is 0.913 bits per heavy atom. The van der Waals surface area contributed by atoms with Crippen LogP contribution in [-0.4, -0.2) is 63.7 Å². The van der Waals surface area contributed by atoms with E-state index in [0.29, 0.717) is 6.42 Å². The SMILES string of the molecule is CCCCCCCCCC(=O)OCC1OC(O)[C@H](O)[C@@H](O)[C@@H]1O. The summed E-state index contributed by atoms with van der Waals surface area (Å²) < 4.78 is 9.93. The standard InChI is InChI=1S/C16H30O7/c1-2-3-4-5-6-7-8-9-12(17)22-10-11-13(18)14(19)15(20)16(21)23-11/h11,13-16,18-21H,2-10H2,1H3/t11?,13-,14+,15-,16?/m1/s1. The van der Waals surface area contributed by atoms with Crippen LogP contribution in [0.4, 0.5) is 0 Å². The summed E-state index contributed by atoms with van der Waals surface area (Å²) in [5.41, 5.74) is 0. The van der Waals surface area contributed by atoms with E-state index in [9.17, 15) is 25.2 Å². The molecule has 1 heterocycles. The smallest absolute Gasteiger partial charge is 0.305 e. The van der Waals surface area contributed by atoms with Crippen molar-refractivity contribution in [3.05, 3.63) is 0 Å². The maximum Gasteiger partial charge on any atom is 0.305 e. The maximum absolute atomic E-state index is 11.6. The van der Waals surface area contributed by atoms with Gasteiger partial charge < -0.3 is 29.9 Å². The average molecular weight is 334 g/mol. The molecule has 0 aliphatic carbocycles. The van der Waals surface area contributed by atoms with Crippen LogP contribution in [0.2, 0.25) is 0 Å². The molecule has 5 atom stereocenters. The van der Waals surface area contributed by atoms with Crippen molar-refractivity contribution < 1.29 is 34.7 Å². The topological polar surface area (TPSA) is 116 Å². The van der Waals surface area contributed by atoms with E-state index in [1.54, 1.807) is 0 Å². The van der Waals surface area contributed by atoms with Gasteiger partial charge >= 0.3 is 5.97 Å². The molecule has 1 aliphatic heterocycles. The highest BCUT2D eigenvalue weighted by Gasteiger charge is 2.43. The Hall–Kier alpha value is -0.730. The first-order valence-electron chi connectivity index (χ1n) is 8.50. The van der Waals surface area contributed by atoms with Crippen molar-refractivity contribution in [1.82, 2.24) is 0 Å². The van der Waals surface area contributed by atoms with Crippen LogP contribution in [-0.2, 0) is 14.3 Å². The van der Waals surface area contributed by atoms with Crippen LogP contribution in [0.15, 0.2) is 0 Å². The van der Waals surface area contributed by atoms with Gasteiger partial charge in [0.25, 0.3) is 0 Å². The lowest BCUT2D eigenvalue weighted by atomic mass is 9.99. The Bertz CT molecular complexity index is 336. The van der Waals surface area contributed by atoms with Crippen LogP contribution in [0.3, 0.4) is 0 Å². The van der Waals surface area contributed by atoms with E-state index in [2.05, 4.69) is 6.92 Å². The van der Waals surface area contributed by atoms with Gasteiger partial charge in [-0.15, -0.1) is 0 Å². The Morgan fingerprint density at radius 3 is 2.17 bits per heavy atom. The largest absolute Gasteiger partial charge is 0.463 e. The highest BCUT2D eigenvalue weighted by molar-refractivity contribution is 5.69. The van der Waals surface area contributed by atoms with Crippen molar-refractivity contribution in [3.63, 3.8) is 0 Å². The van der Waals surface area contributed by atoms with Gasteiger partial charge in [0.1, 0.15) is 31.0 Å². The molecule has 1 saturated heterocycles. The van der Waals surface area contributed by atoms with Crippen LogP contribution < -0.4 is 0 Å². The summed E-state index contributed by atoms with van der Waals surface area (Å²) in [7, 11) is 0. The second-order valence-electron chi connectivity index (χ2n) is 6.09. The normalized spacial score (nSPS) is 31.1. The van der Waals surface area contributed by atoms with Crippen LogP contribution in [0, 0.1) is 0 Å². The molecule has 2 unspecified atom stereocenters. The van der Waals surface area contributed by atoms with Gasteiger partial charge in [0.15, 0.2) is 6.29 Å². The first kappa shape index (κ1) is 20.3. The highest BCUT2D eigenvalue weighted by Crippen LogP contribution is 2.20. The number of rotatable bonds is 10. The molecule has 0 aromatic rings. The number of esters is 1. The van der Waals surface area contributed by atoms with Crippen molar-refractivity contribution in [2.45, 2.75) is 89.0 Å². The number of unbranched alkanes of at least 4 members (excludes halogenated alkanes) is 6. The van der Waals surface area contributed by atoms with Gasteiger partial charge in [-0.2, -0.15) is 0 Å². The molecule has 7 heteroatoms. The zero-order chi connectivity index (χ0) is 17.2. The van der Waals surface area contributed by atoms with Crippen LogP contribution in [0.1, 0.15) is 58.3 Å². The van der Waals surface area contributed by atoms with E-state index in [4.69, 9.17) is 9.47 Å². The van der Waals surface area contributed by atoms with Gasteiger partial charge in [-0.05, 0) is 6.42 Å². The van der Waals surface area contributed by atoms with Crippen LogP contribution in [0.5, 0.6) is 0 Å². The van der Waals surface area contributed by atoms with E-state index in [0.717, 1.165) is 19.3 Å². The zero-order valence-electron chi connectivity index (χ0n) is 13.8. The molecule has 0 bridgehead atoms. The molecular formula is C16H30O7. The van der Waals surface area contributed by atoms with Gasteiger partial charge in [-0.1, -0.05) is 45.4 Å². The molecule has 0 aromatic carbocycles. The summed E-state index contributed by atoms with van der Waals surface area (Å²) in [6, 6.07) is 0. The van der Waals surface area contributed by atoms with E-state index in [1.807, 2.05) is 0 Å². The summed E-state index contributed by atoms with van der Waals surface area (Å²) in [5, 5.41) is 38.0. The predicted molar refractivity (Wildman–Crippen MR) is 82.5 cm³/mol. The Kier molecular flexibility index (Phi) is 9.66. The summed E-state index contributed by atoms with van der Waals surface area (Å²) in [6.07, 6.45) is 0.806. The minimum atomic E-state index is -1.61. The molecule has 0 spiro atoms. The van der Waals surface area contributed by atoms with Crippen LogP contribution in [0.25, 0.3) is 0 Å². The van der Waals surface area contributed by atoms with E-state index in [-0.39, 0.29) is 6.61 Å². The molecule has 0 radical (unpaired) electrons. The van der Waals surface area contributed by atoms with Crippen molar-refractivity contribution >= 4 is 5.97 Å². The second-order valence-corrected chi connectivity index (χ2v) is 6.09. The van der Waals surface area contributed by atoms with Crippen molar-refractivity contribution in [2.24, 2.45) is 0 Å². The van der Waals surface area contributed by atoms with E-state index >= 15 is 0 Å². The fraction of sp³-hybridized carbons (Fsp3) is 0.938. The number of hydrogen-bond acceptors (Lipinski definition) is 7. The molecule has 1 aliphatic rings. The maximum atomic E-state index is 11.6. The average Bonchev–Trinajstić information content (AvgIpc) is 2.54. The lowest BCUT2D eigenvalue weighted by Crippen LogP contribution is -2.58. The van der Waals surface area contributed by atoms with E-state index < -0.39 is 36.7 Å². The molecule has 0 amide bonds. The van der Waals surface area contributed by atoms with Gasteiger partial charge in [0.2, 0.25) is 0 Å². The van der Waals surface area contributed by atoms with Crippen molar-refractivity contribution in [2.75, 3.05) is 6.61 Å². The molecule has 7 nitrogen and oxygen atoms in total. The number of ether oxygens (including phenoxy) is 2. The lowest BCUT2D eigenvalue weighted by molar-refractivity contribution is -0.287. The van der Waals surface area contributed by atoms with Crippen molar-refractivity contribution in [3.8, 4) is 0 Å². The molecule has 1 rings (SSSR count). The first-order valence-corrected chi connectivity index (χ1v) is 8.50. The quantitative estimate of drug-likeness (QED) is 0.339. The third-order valence-corrected chi connectivity index (χ3v) is 4.08. The predicted octanol–water partition coefficient (Wildman–Crippen LogP) is 0.470. The van der Waals surface area contributed by atoms with Crippen LogP contribution >= 0.6 is 0 Å². The molecule has 1 fully saturated rings. The molecular weight excluding hydrogens is 304 g/mol. The zero-order valence-corrected chi connectivity index (χ0v) is 13.8. The number of hydrogen-bond donors (Lipinski definition) is 4. The van der Waals surface area contributed by atoms with Crippen molar-refractivity contribution in [1.29, 1.82) is 0 Å². The Balaban J connectivity index is 2.13. The minimum absolute atomic E-state index is 0.267. The lowest BCUT2D eigenvalue weighted by Gasteiger charge is -2.37. The number of aliphatic hydroxyl groups excluding tert-OH is 4. The van der Waals surface area contributed by atoms with E-state index in [1.165, 1.54) is 25.7 Å². The summed E-state index contributed by atoms with van der Waals surface area (Å²) in [6.45, 7) is 1.90. The fourth-order valence-corrected chi connectivity index (χ4v) is 2.54. The Morgan fingerprint density at radius 2 is 1.52 bits per heavy atom. The summed E-state index contributed by atoms with van der Waals surface area (Å²) >= 11 is 0. The molecule has 0 saturated carbocycles. The first-order chi connectivity index (χ1) is 11.0. The minimum Gasteiger partial charge on any atom is -0.463 e. The van der Waals surface area contributed by atoms with Gasteiger partial charge in [0.05, 0.1) is 0 Å². The van der Waals surface area contributed by atoms with Gasteiger partial charge in [-0.3, -0.25) is 4.79 Å². The molecule has 0 aromatic heterocycles. The Labute approximate surface area is 137 Å². The summed E-state index contributed by atoms with van der Waals surface area (Å²) in [4.78, 5) is 11.6. The third-order valence-electron chi connectivity index (χ3n) is 4.08. The fourth-order valence-electron chi connectivity index (χ4n) is 2.54. The molecule has 136 valence electrons. The number of carbonyl (C=O) groups is 1. The number of carbonyl (C=O) groups excluding carboxylic acids is 1. The highest BCUT2D eigenvalue weighted by atomic mass is 16.6. The molecule has 23 heavy (non-hydrogen) atoms. The molecule has 4 N–H and O–H groups in total. The third kappa shape index (κ3) is 7.14. The number of aliphatic hydroxyl groups is 4. The second kappa shape index (κ2) is 10.9. The van der Waals surface area contributed by atoms with Gasteiger partial charge in [-0.25, -0.2) is 0 Å². The summed E-state index contributed by atoms with van der Waals surface area (Å²) in [5.74, 6) is -0.399. The van der Waals surface area contributed by atoms with Gasteiger partial charge in [0, 0.05) is 6.42 Å². The monoisotopic (exact) mass is 334 g/mol.